The van der Waals surface area contributed by atoms with Crippen molar-refractivity contribution in [3.63, 3.8) is 0 Å². The summed E-state index contributed by atoms with van der Waals surface area (Å²) in [6, 6.07) is -1.40. The molecule has 2 amide bonds. The number of amides is 2. The summed E-state index contributed by atoms with van der Waals surface area (Å²) in [4.78, 5) is 23.7. The van der Waals surface area contributed by atoms with Gasteiger partial charge in [-0.25, -0.2) is 0 Å². The third kappa shape index (κ3) is 11.7. The second-order valence-electron chi connectivity index (χ2n) is 12.9. The van der Waals surface area contributed by atoms with Gasteiger partial charge in [-0.3, -0.25) is 9.59 Å². The third-order valence-electron chi connectivity index (χ3n) is 8.99. The van der Waals surface area contributed by atoms with Crippen LogP contribution in [0.1, 0.15) is 58.8 Å². The monoisotopic (exact) mass is 727 g/mol. The molecule has 3 aliphatic heterocycles. The first-order valence-electron chi connectivity index (χ1n) is 17.3. The topological polar surface area (TPSA) is 301 Å². The van der Waals surface area contributed by atoms with Crippen LogP contribution in [0.25, 0.3) is 0 Å². The van der Waals surface area contributed by atoms with Gasteiger partial charge in [0.15, 0.2) is 18.9 Å². The molecule has 3 fully saturated rings. The van der Waals surface area contributed by atoms with Gasteiger partial charge in [-0.2, -0.15) is 0 Å². The summed E-state index contributed by atoms with van der Waals surface area (Å²) < 4.78 is 35.3. The number of rotatable bonds is 19. The van der Waals surface area contributed by atoms with Gasteiger partial charge in [0, 0.05) is 33.0 Å². The van der Waals surface area contributed by atoms with Crippen LogP contribution in [0, 0.1) is 0 Å². The summed E-state index contributed by atoms with van der Waals surface area (Å²) in [5, 5.41) is 88.9. The summed E-state index contributed by atoms with van der Waals surface area (Å²) in [5.74, 6) is -0.653. The predicted octanol–water partition coefficient (Wildman–Crippen LogP) is -4.57. The maximum Gasteiger partial charge on any atom is 0.220 e. The average Bonchev–Trinajstić information content (AvgIpc) is 3.09. The van der Waals surface area contributed by atoms with Crippen molar-refractivity contribution < 1.29 is 78.9 Å². The van der Waals surface area contributed by atoms with Crippen LogP contribution in [0.4, 0.5) is 0 Å². The van der Waals surface area contributed by atoms with Crippen molar-refractivity contribution in [3.05, 3.63) is 0 Å². The number of ether oxygens (including phenoxy) is 6. The Bertz CT molecular complexity index is 1020. The van der Waals surface area contributed by atoms with Crippen molar-refractivity contribution >= 4 is 11.8 Å². The fourth-order valence-electron chi connectivity index (χ4n) is 6.09. The number of hydrogen-bond acceptors (Lipinski definition) is 17. The lowest BCUT2D eigenvalue weighted by molar-refractivity contribution is -0.385. The molecule has 0 radical (unpaired) electrons. The molecule has 0 saturated carbocycles. The molecule has 0 aromatic heterocycles. The van der Waals surface area contributed by atoms with Crippen LogP contribution in [-0.2, 0) is 38.0 Å². The highest BCUT2D eigenvalue weighted by Gasteiger charge is 2.54. The average molecular weight is 728 g/mol. The summed E-state index contributed by atoms with van der Waals surface area (Å²) in [6.45, 7) is 2.10. The van der Waals surface area contributed by atoms with Crippen LogP contribution in [0.3, 0.4) is 0 Å². The molecule has 0 aliphatic carbocycles. The van der Waals surface area contributed by atoms with Crippen LogP contribution >= 0.6 is 0 Å². The zero-order valence-electron chi connectivity index (χ0n) is 28.6. The molecule has 3 saturated heterocycles. The molecule has 15 atom stereocenters. The Morgan fingerprint density at radius 1 is 0.700 bits per heavy atom. The third-order valence-corrected chi connectivity index (χ3v) is 8.99. The van der Waals surface area contributed by atoms with Crippen LogP contribution in [0.2, 0.25) is 0 Å². The zero-order valence-corrected chi connectivity index (χ0v) is 28.6. The molecule has 0 aromatic rings. The largest absolute Gasteiger partial charge is 0.394 e. The van der Waals surface area contributed by atoms with E-state index in [1.54, 1.807) is 0 Å². The first-order valence-corrected chi connectivity index (χ1v) is 17.3. The Balaban J connectivity index is 1.75. The van der Waals surface area contributed by atoms with Gasteiger partial charge in [-0.05, 0) is 19.8 Å². The van der Waals surface area contributed by atoms with Crippen molar-refractivity contribution in [1.29, 1.82) is 0 Å². The number of unbranched alkanes of at least 4 members (excludes halogenated alkanes) is 5. The van der Waals surface area contributed by atoms with Gasteiger partial charge >= 0.3 is 0 Å². The summed E-state index contributed by atoms with van der Waals surface area (Å²) in [7, 11) is 0. The number of aliphatic hydroxyl groups is 8. The molecule has 0 spiro atoms. The van der Waals surface area contributed by atoms with Crippen LogP contribution in [-0.4, -0.2) is 178 Å². The highest BCUT2D eigenvalue weighted by molar-refractivity contribution is 5.75. The van der Waals surface area contributed by atoms with Gasteiger partial charge in [-0.1, -0.05) is 25.7 Å². The zero-order chi connectivity index (χ0) is 37.0. The van der Waals surface area contributed by atoms with E-state index < -0.39 is 111 Å². The molecule has 0 aromatic carbocycles. The maximum absolute atomic E-state index is 12.0. The lowest BCUT2D eigenvalue weighted by Gasteiger charge is -2.49. The van der Waals surface area contributed by atoms with Crippen LogP contribution < -0.4 is 16.4 Å². The van der Waals surface area contributed by atoms with E-state index in [1.165, 1.54) is 6.92 Å². The molecule has 19 heteroatoms. The summed E-state index contributed by atoms with van der Waals surface area (Å²) in [5.41, 5.74) is 5.39. The van der Waals surface area contributed by atoms with Gasteiger partial charge < -0.3 is 85.6 Å². The highest BCUT2D eigenvalue weighted by atomic mass is 16.8. The maximum atomic E-state index is 12.0. The molecule has 50 heavy (non-hydrogen) atoms. The fraction of sp³-hybridized carbons (Fsp3) is 0.935. The van der Waals surface area contributed by atoms with E-state index >= 15 is 0 Å². The molecular weight excluding hydrogens is 670 g/mol. The van der Waals surface area contributed by atoms with Crippen LogP contribution in [0.5, 0.6) is 0 Å². The minimum Gasteiger partial charge on any atom is -0.394 e. The number of nitrogens with two attached hydrogens (primary N) is 1. The molecule has 3 rings (SSSR count). The Kier molecular flexibility index (Phi) is 18.1. The Morgan fingerprint density at radius 3 is 1.94 bits per heavy atom. The highest BCUT2D eigenvalue weighted by Crippen LogP contribution is 2.34. The smallest absolute Gasteiger partial charge is 0.220 e. The van der Waals surface area contributed by atoms with E-state index in [9.17, 15) is 50.4 Å². The minimum atomic E-state index is -1.77. The number of hydrogen-bond donors (Lipinski definition) is 11. The van der Waals surface area contributed by atoms with Crippen molar-refractivity contribution in [2.24, 2.45) is 5.73 Å². The van der Waals surface area contributed by atoms with Gasteiger partial charge in [0.1, 0.15) is 67.1 Å². The van der Waals surface area contributed by atoms with E-state index in [0.29, 0.717) is 25.9 Å². The quantitative estimate of drug-likeness (QED) is 0.0558. The first-order chi connectivity index (χ1) is 23.8. The summed E-state index contributed by atoms with van der Waals surface area (Å²) >= 11 is 0. The van der Waals surface area contributed by atoms with Crippen molar-refractivity contribution in [2.75, 3.05) is 32.9 Å². The Labute approximate surface area is 290 Å². The number of carbonyl (C=O) groups is 2. The standard InChI is InChI=1S/C31H57N3O16/c1-15-21(39)25(43)26(44)30(46-15)50-28-27(49-29-20(34-16(2)37)24(42)22(40)17(13-35)47-29)23(41)18(14-36)48-31(28)45-12-8-6-4-3-5-7-9-19(38)33-11-10-32/h15,17-18,20-31,35-36,39-44H,3-14,32H2,1-2H3,(H,33,38)(H,34,37). The normalized spacial score (nSPS) is 39.2. The Morgan fingerprint density at radius 2 is 1.30 bits per heavy atom. The molecule has 19 nitrogen and oxygen atoms in total. The molecular formula is C31H57N3O16. The lowest BCUT2D eigenvalue weighted by atomic mass is 9.95. The van der Waals surface area contributed by atoms with Crippen molar-refractivity contribution in [1.82, 2.24) is 10.6 Å². The number of carbonyl (C=O) groups excluding carboxylic acids is 2. The van der Waals surface area contributed by atoms with E-state index in [0.717, 1.165) is 39.0 Å². The Hall–Kier alpha value is -1.66. The number of aliphatic hydroxyl groups excluding tert-OH is 8. The molecule has 12 N–H and O–H groups in total. The molecule has 3 heterocycles. The summed E-state index contributed by atoms with van der Waals surface area (Å²) in [6.07, 6.45) is -16.0. The van der Waals surface area contributed by atoms with E-state index in [1.807, 2.05) is 0 Å². The number of nitrogens with one attached hydrogen (secondary N) is 2. The molecule has 0 bridgehead atoms. The van der Waals surface area contributed by atoms with E-state index in [2.05, 4.69) is 10.6 Å². The van der Waals surface area contributed by atoms with Crippen molar-refractivity contribution in [3.8, 4) is 0 Å². The fourth-order valence-corrected chi connectivity index (χ4v) is 6.09. The minimum absolute atomic E-state index is 0.0318. The van der Waals surface area contributed by atoms with Gasteiger partial charge in [0.05, 0.1) is 19.3 Å². The lowest BCUT2D eigenvalue weighted by Crippen LogP contribution is -2.68. The predicted molar refractivity (Wildman–Crippen MR) is 170 cm³/mol. The second kappa shape index (κ2) is 21.1. The van der Waals surface area contributed by atoms with Crippen molar-refractivity contribution in [2.45, 2.75) is 151 Å². The molecule has 15 unspecified atom stereocenters. The van der Waals surface area contributed by atoms with Crippen LogP contribution in [0.15, 0.2) is 0 Å². The van der Waals surface area contributed by atoms with E-state index in [-0.39, 0.29) is 12.5 Å². The van der Waals surface area contributed by atoms with Gasteiger partial charge in [-0.15, -0.1) is 0 Å². The molecule has 3 aliphatic rings. The SMILES string of the molecule is CC(=O)NC1C(OC2C(O)C(CO)OC(OCCCCCCCCC(=O)NCCN)C2OC2OC(C)C(O)C(O)C2O)OC(CO)C(O)C1O. The van der Waals surface area contributed by atoms with Gasteiger partial charge in [0.2, 0.25) is 11.8 Å². The van der Waals surface area contributed by atoms with E-state index in [4.69, 9.17) is 34.2 Å². The second-order valence-corrected chi connectivity index (χ2v) is 12.9. The molecule has 292 valence electrons. The van der Waals surface area contributed by atoms with Gasteiger partial charge in [0.25, 0.3) is 0 Å². The first kappa shape index (κ1) is 42.8.